The van der Waals surface area contributed by atoms with Crippen LogP contribution >= 0.6 is 11.6 Å². The molecule has 0 aliphatic rings. The molecule has 0 unspecified atom stereocenters. The summed E-state index contributed by atoms with van der Waals surface area (Å²) in [6, 6.07) is 19.6. The predicted octanol–water partition coefficient (Wildman–Crippen LogP) is 2.84. The van der Waals surface area contributed by atoms with Gasteiger partial charge < -0.3 is 9.88 Å². The second-order valence-electron chi connectivity index (χ2n) is 6.53. The Kier molecular flexibility index (Phi) is 5.67. The van der Waals surface area contributed by atoms with E-state index >= 15 is 0 Å². The van der Waals surface area contributed by atoms with E-state index in [-0.39, 0.29) is 18.0 Å². The summed E-state index contributed by atoms with van der Waals surface area (Å²) < 4.78 is 1.48. The maximum Gasteiger partial charge on any atom is 0.250 e. The van der Waals surface area contributed by atoms with Crippen LogP contribution in [-0.2, 0) is 17.9 Å². The van der Waals surface area contributed by atoms with Crippen molar-refractivity contribution >= 4 is 23.2 Å². The molecular formula is C21H17ClN6O2. The maximum atomic E-state index is 12.4. The zero-order chi connectivity index (χ0) is 20.9. The largest absolute Gasteiger partial charge is 0.323 e. The molecule has 2 aromatic carbocycles. The number of anilines is 1. The summed E-state index contributed by atoms with van der Waals surface area (Å²) in [5.41, 5.74) is 1.91. The van der Waals surface area contributed by atoms with Crippen LogP contribution in [0.25, 0.3) is 11.4 Å². The Hall–Kier alpha value is -3.78. The van der Waals surface area contributed by atoms with E-state index in [1.807, 2.05) is 48.5 Å². The third-order valence-electron chi connectivity index (χ3n) is 4.34. The van der Waals surface area contributed by atoms with Crippen LogP contribution in [0.4, 0.5) is 5.69 Å². The highest BCUT2D eigenvalue weighted by atomic mass is 35.5. The van der Waals surface area contributed by atoms with E-state index in [1.165, 1.54) is 15.4 Å². The monoisotopic (exact) mass is 420 g/mol. The van der Waals surface area contributed by atoms with Crippen LogP contribution in [0, 0.1) is 0 Å². The predicted molar refractivity (Wildman–Crippen MR) is 113 cm³/mol. The first kappa shape index (κ1) is 19.5. The Morgan fingerprint density at radius 2 is 1.77 bits per heavy atom. The summed E-state index contributed by atoms with van der Waals surface area (Å²) in [7, 11) is 0. The number of nitrogens with one attached hydrogen (secondary N) is 1. The van der Waals surface area contributed by atoms with Gasteiger partial charge in [0.25, 0.3) is 5.56 Å². The number of amides is 1. The number of aromatic nitrogens is 5. The van der Waals surface area contributed by atoms with Gasteiger partial charge in [-0.3, -0.25) is 9.59 Å². The van der Waals surface area contributed by atoms with E-state index in [0.29, 0.717) is 23.1 Å². The van der Waals surface area contributed by atoms with Crippen LogP contribution in [0.1, 0.15) is 5.56 Å². The minimum atomic E-state index is -0.338. The van der Waals surface area contributed by atoms with Gasteiger partial charge in [-0.1, -0.05) is 60.1 Å². The molecule has 0 aliphatic carbocycles. The zero-order valence-electron chi connectivity index (χ0n) is 15.8. The first-order valence-corrected chi connectivity index (χ1v) is 9.53. The number of hydrogen-bond donors (Lipinski definition) is 1. The van der Waals surface area contributed by atoms with Crippen molar-refractivity contribution in [1.82, 2.24) is 24.8 Å². The number of nitrogens with zero attached hydrogens (tertiary/aromatic N) is 5. The smallest absolute Gasteiger partial charge is 0.250 e. The lowest BCUT2D eigenvalue weighted by Crippen LogP contribution is -2.23. The fourth-order valence-electron chi connectivity index (χ4n) is 2.88. The van der Waals surface area contributed by atoms with Gasteiger partial charge in [-0.2, -0.15) is 4.80 Å². The number of halogens is 1. The van der Waals surface area contributed by atoms with Gasteiger partial charge in [0.2, 0.25) is 11.7 Å². The summed E-state index contributed by atoms with van der Waals surface area (Å²) >= 11 is 6.18. The van der Waals surface area contributed by atoms with Crippen molar-refractivity contribution in [3.8, 4) is 11.4 Å². The van der Waals surface area contributed by atoms with Crippen molar-refractivity contribution in [2.24, 2.45) is 0 Å². The zero-order valence-corrected chi connectivity index (χ0v) is 16.5. The molecule has 1 amide bonds. The molecule has 8 nitrogen and oxygen atoms in total. The van der Waals surface area contributed by atoms with Gasteiger partial charge >= 0.3 is 0 Å². The molecule has 30 heavy (non-hydrogen) atoms. The highest BCUT2D eigenvalue weighted by Crippen LogP contribution is 2.16. The van der Waals surface area contributed by atoms with Crippen LogP contribution in [0.15, 0.2) is 77.7 Å². The first-order chi connectivity index (χ1) is 14.6. The summed E-state index contributed by atoms with van der Waals surface area (Å²) in [6.45, 7) is 0.191. The normalized spacial score (nSPS) is 10.7. The molecule has 0 saturated heterocycles. The van der Waals surface area contributed by atoms with E-state index in [2.05, 4.69) is 20.7 Å². The highest BCUT2D eigenvalue weighted by molar-refractivity contribution is 6.31. The van der Waals surface area contributed by atoms with Gasteiger partial charge in [0, 0.05) is 22.8 Å². The first-order valence-electron chi connectivity index (χ1n) is 9.15. The van der Waals surface area contributed by atoms with E-state index < -0.39 is 0 Å². The highest BCUT2D eigenvalue weighted by Gasteiger charge is 2.10. The number of hydrogen-bond acceptors (Lipinski definition) is 5. The molecule has 0 radical (unpaired) electrons. The van der Waals surface area contributed by atoms with Crippen molar-refractivity contribution < 1.29 is 4.79 Å². The number of carbonyl (C=O) groups excluding carboxylic acids is 1. The number of rotatable bonds is 6. The SMILES string of the molecule is O=C(Cn1nnc(-c2ccccc2)n1)Nc1ccc(=O)n(Cc2ccccc2Cl)c1. The van der Waals surface area contributed by atoms with Crippen LogP contribution in [0.2, 0.25) is 5.02 Å². The molecule has 150 valence electrons. The quantitative estimate of drug-likeness (QED) is 0.517. The van der Waals surface area contributed by atoms with Crippen LogP contribution in [0.3, 0.4) is 0 Å². The molecule has 0 bridgehead atoms. The minimum Gasteiger partial charge on any atom is -0.323 e. The molecule has 0 aliphatic heterocycles. The summed E-state index contributed by atoms with van der Waals surface area (Å²) in [6.07, 6.45) is 1.58. The van der Waals surface area contributed by atoms with Crippen molar-refractivity contribution in [3.05, 3.63) is 93.9 Å². The molecule has 0 saturated carbocycles. The minimum absolute atomic E-state index is 0.108. The number of tetrazole rings is 1. The fraction of sp³-hybridized carbons (Fsp3) is 0.0952. The summed E-state index contributed by atoms with van der Waals surface area (Å²) in [4.78, 5) is 25.8. The van der Waals surface area contributed by atoms with Crippen molar-refractivity contribution in [2.75, 3.05) is 5.32 Å². The standard InChI is InChI=1S/C21H17ClN6O2/c22-18-9-5-4-8-16(18)12-27-13-17(10-11-20(27)30)23-19(29)14-28-25-21(24-26-28)15-6-2-1-3-7-15/h1-11,13H,12,14H2,(H,23,29). The van der Waals surface area contributed by atoms with Crippen LogP contribution in [0.5, 0.6) is 0 Å². The third kappa shape index (κ3) is 4.61. The van der Waals surface area contributed by atoms with Gasteiger partial charge in [-0.25, -0.2) is 0 Å². The fourth-order valence-corrected chi connectivity index (χ4v) is 3.08. The lowest BCUT2D eigenvalue weighted by Gasteiger charge is -2.10. The number of pyridine rings is 1. The van der Waals surface area contributed by atoms with E-state index in [9.17, 15) is 9.59 Å². The lowest BCUT2D eigenvalue weighted by molar-refractivity contribution is -0.117. The van der Waals surface area contributed by atoms with Gasteiger partial charge in [-0.05, 0) is 22.9 Å². The molecule has 9 heteroatoms. The third-order valence-corrected chi connectivity index (χ3v) is 4.70. The van der Waals surface area contributed by atoms with E-state index in [1.54, 1.807) is 18.3 Å². The lowest BCUT2D eigenvalue weighted by atomic mass is 10.2. The van der Waals surface area contributed by atoms with Crippen molar-refractivity contribution in [3.63, 3.8) is 0 Å². The molecule has 1 N–H and O–H groups in total. The molecule has 0 atom stereocenters. The Balaban J connectivity index is 1.44. The maximum absolute atomic E-state index is 12.4. The molecule has 2 heterocycles. The van der Waals surface area contributed by atoms with E-state index in [0.717, 1.165) is 11.1 Å². The second-order valence-corrected chi connectivity index (χ2v) is 6.94. The molecule has 2 aromatic heterocycles. The number of carbonyl (C=O) groups is 1. The Bertz CT molecular complexity index is 1240. The van der Waals surface area contributed by atoms with Crippen LogP contribution < -0.4 is 10.9 Å². The number of benzene rings is 2. The molecular weight excluding hydrogens is 404 g/mol. The van der Waals surface area contributed by atoms with E-state index in [4.69, 9.17) is 11.6 Å². The average Bonchev–Trinajstić information content (AvgIpc) is 3.21. The van der Waals surface area contributed by atoms with Gasteiger partial charge in [0.05, 0.1) is 12.2 Å². The molecule has 0 spiro atoms. The van der Waals surface area contributed by atoms with Gasteiger partial charge in [0.15, 0.2) is 0 Å². The van der Waals surface area contributed by atoms with Crippen LogP contribution in [-0.4, -0.2) is 30.7 Å². The van der Waals surface area contributed by atoms with Gasteiger partial charge in [0.1, 0.15) is 6.54 Å². The average molecular weight is 421 g/mol. The second kappa shape index (κ2) is 8.71. The molecule has 0 fully saturated rings. The summed E-state index contributed by atoms with van der Waals surface area (Å²) in [5.74, 6) is 0.103. The Morgan fingerprint density at radius 3 is 2.57 bits per heavy atom. The summed E-state index contributed by atoms with van der Waals surface area (Å²) in [5, 5.41) is 15.4. The van der Waals surface area contributed by atoms with Crippen molar-refractivity contribution in [2.45, 2.75) is 13.1 Å². The Morgan fingerprint density at radius 1 is 1.00 bits per heavy atom. The molecule has 4 rings (SSSR count). The topological polar surface area (TPSA) is 94.7 Å². The van der Waals surface area contributed by atoms with Crippen molar-refractivity contribution in [1.29, 1.82) is 0 Å². The Labute approximate surface area is 176 Å². The van der Waals surface area contributed by atoms with Gasteiger partial charge in [-0.15, -0.1) is 10.2 Å². The molecule has 4 aromatic rings.